The van der Waals surface area contributed by atoms with Crippen LogP contribution in [0.25, 0.3) is 0 Å². The molecule has 0 aliphatic heterocycles. The molecule has 2 aromatic carbocycles. The number of nitrogens with one attached hydrogen (secondary N) is 1. The van der Waals surface area contributed by atoms with Gasteiger partial charge in [-0.2, -0.15) is 0 Å². The van der Waals surface area contributed by atoms with Crippen molar-refractivity contribution in [2.24, 2.45) is 7.05 Å². The molecule has 1 amide bonds. The van der Waals surface area contributed by atoms with Crippen LogP contribution in [0, 0.1) is 0 Å². The first-order chi connectivity index (χ1) is 14.4. The number of hydrogen-bond donors (Lipinski definition) is 1. The highest BCUT2D eigenvalue weighted by Crippen LogP contribution is 2.30. The maximum Gasteiger partial charge on any atom is 0.234 e. The van der Waals surface area contributed by atoms with Crippen LogP contribution in [-0.4, -0.2) is 33.5 Å². The van der Waals surface area contributed by atoms with Gasteiger partial charge in [0.15, 0.2) is 17.1 Å². The van der Waals surface area contributed by atoms with E-state index >= 15 is 0 Å². The van der Waals surface area contributed by atoms with Gasteiger partial charge in [-0.1, -0.05) is 41.0 Å². The summed E-state index contributed by atoms with van der Waals surface area (Å²) in [5.41, 5.74) is 0.395. The van der Waals surface area contributed by atoms with Crippen LogP contribution in [0.4, 0.5) is 5.69 Å². The minimum atomic E-state index is -0.332. The van der Waals surface area contributed by atoms with Gasteiger partial charge in [-0.3, -0.25) is 4.79 Å². The average molecular weight is 467 g/mol. The predicted octanol–water partition coefficient (Wildman–Crippen LogP) is 5.00. The van der Waals surface area contributed by atoms with Crippen molar-refractivity contribution in [1.29, 1.82) is 0 Å². The lowest BCUT2D eigenvalue weighted by molar-refractivity contribution is -0.113. The number of hydrogen-bond acceptors (Lipinski definition) is 6. The van der Waals surface area contributed by atoms with Crippen molar-refractivity contribution in [3.63, 3.8) is 0 Å². The van der Waals surface area contributed by atoms with Crippen LogP contribution in [-0.2, 0) is 11.8 Å². The molecule has 0 radical (unpaired) electrons. The molecule has 0 aliphatic carbocycles. The number of carbonyl (C=O) groups is 1. The molecule has 10 heteroatoms. The monoisotopic (exact) mass is 466 g/mol. The molecule has 1 heterocycles. The molecule has 0 saturated carbocycles. The summed E-state index contributed by atoms with van der Waals surface area (Å²) in [4.78, 5) is 12.3. The third kappa shape index (κ3) is 5.38. The molecule has 0 fully saturated rings. The zero-order chi connectivity index (χ0) is 21.7. The number of amides is 1. The highest BCUT2D eigenvalue weighted by Gasteiger charge is 2.18. The number of aromatic nitrogens is 3. The van der Waals surface area contributed by atoms with Gasteiger partial charge in [-0.15, -0.1) is 10.2 Å². The van der Waals surface area contributed by atoms with Gasteiger partial charge in [-0.05, 0) is 43.3 Å². The Morgan fingerprint density at radius 1 is 1.13 bits per heavy atom. The average Bonchev–Trinajstić information content (AvgIpc) is 3.10. The normalized spacial score (nSPS) is 11.8. The number of ether oxygens (including phenoxy) is 2. The van der Waals surface area contributed by atoms with Gasteiger partial charge in [-0.25, -0.2) is 0 Å². The van der Waals surface area contributed by atoms with Crippen molar-refractivity contribution in [2.45, 2.75) is 18.2 Å². The fourth-order valence-electron chi connectivity index (χ4n) is 2.64. The number of rotatable bonds is 8. The summed E-state index contributed by atoms with van der Waals surface area (Å²) >= 11 is 13.4. The van der Waals surface area contributed by atoms with Gasteiger partial charge in [0.2, 0.25) is 5.91 Å². The topological polar surface area (TPSA) is 78.3 Å². The summed E-state index contributed by atoms with van der Waals surface area (Å²) in [6, 6.07) is 12.3. The summed E-state index contributed by atoms with van der Waals surface area (Å²) in [5.74, 6) is 1.96. The standard InChI is InChI=1S/C20H20Cl2N4O3S/c1-12(29-14-9-7-13(28-3)8-10-14)19-24-25-20(26(19)2)30-11-17(27)23-18-15(21)5-4-6-16(18)22/h4-10,12H,11H2,1-3H3,(H,23,27). The second-order valence-corrected chi connectivity index (χ2v) is 8.03. The Morgan fingerprint density at radius 2 is 1.77 bits per heavy atom. The Hall–Kier alpha value is -2.42. The van der Waals surface area contributed by atoms with E-state index in [1.165, 1.54) is 11.8 Å². The second-order valence-electron chi connectivity index (χ2n) is 6.27. The van der Waals surface area contributed by atoms with Crippen LogP contribution >= 0.6 is 35.0 Å². The molecule has 3 rings (SSSR count). The van der Waals surface area contributed by atoms with Crippen LogP contribution in [0.15, 0.2) is 47.6 Å². The lowest BCUT2D eigenvalue weighted by atomic mass is 10.3. The van der Waals surface area contributed by atoms with E-state index in [4.69, 9.17) is 32.7 Å². The smallest absolute Gasteiger partial charge is 0.234 e. The molecule has 0 bridgehead atoms. The first kappa shape index (κ1) is 22.3. The summed E-state index contributed by atoms with van der Waals surface area (Å²) < 4.78 is 12.9. The van der Waals surface area contributed by atoms with Gasteiger partial charge in [0.05, 0.1) is 28.6 Å². The zero-order valence-electron chi connectivity index (χ0n) is 16.6. The quantitative estimate of drug-likeness (QED) is 0.470. The number of halogens is 2. The highest BCUT2D eigenvalue weighted by molar-refractivity contribution is 7.99. The number of nitrogens with zero attached hydrogens (tertiary/aromatic N) is 3. The summed E-state index contributed by atoms with van der Waals surface area (Å²) in [7, 11) is 3.44. The number of carbonyl (C=O) groups excluding carboxylic acids is 1. The molecule has 1 aromatic heterocycles. The summed E-state index contributed by atoms with van der Waals surface area (Å²) in [5, 5.41) is 12.4. The maximum atomic E-state index is 12.3. The molecule has 7 nitrogen and oxygen atoms in total. The Labute approximate surface area is 188 Å². The van der Waals surface area contributed by atoms with Crippen molar-refractivity contribution < 1.29 is 14.3 Å². The first-order valence-electron chi connectivity index (χ1n) is 8.95. The minimum Gasteiger partial charge on any atom is -0.497 e. The second kappa shape index (κ2) is 10.1. The van der Waals surface area contributed by atoms with Crippen LogP contribution in [0.3, 0.4) is 0 Å². The Kier molecular flexibility index (Phi) is 7.47. The lowest BCUT2D eigenvalue weighted by Gasteiger charge is -2.14. The van der Waals surface area contributed by atoms with Crippen LogP contribution in [0.5, 0.6) is 11.5 Å². The summed E-state index contributed by atoms with van der Waals surface area (Å²) in [6.45, 7) is 1.88. The van der Waals surface area contributed by atoms with Gasteiger partial charge in [0, 0.05) is 7.05 Å². The van der Waals surface area contributed by atoms with E-state index in [2.05, 4.69) is 15.5 Å². The van der Waals surface area contributed by atoms with Crippen molar-refractivity contribution in [1.82, 2.24) is 14.8 Å². The van der Waals surface area contributed by atoms with E-state index in [9.17, 15) is 4.79 Å². The van der Waals surface area contributed by atoms with Crippen molar-refractivity contribution in [3.05, 3.63) is 58.3 Å². The molecule has 3 aromatic rings. The number of methoxy groups -OCH3 is 1. The van der Waals surface area contributed by atoms with Crippen LogP contribution < -0.4 is 14.8 Å². The molecule has 1 unspecified atom stereocenters. The third-order valence-electron chi connectivity index (χ3n) is 4.16. The van der Waals surface area contributed by atoms with E-state index in [0.29, 0.717) is 32.5 Å². The molecule has 30 heavy (non-hydrogen) atoms. The van der Waals surface area contributed by atoms with Crippen LogP contribution in [0.1, 0.15) is 18.9 Å². The third-order valence-corrected chi connectivity index (χ3v) is 5.81. The Bertz CT molecular complexity index is 1010. The molecular weight excluding hydrogens is 447 g/mol. The van der Waals surface area contributed by atoms with E-state index in [0.717, 1.165) is 5.75 Å². The fourth-order valence-corrected chi connectivity index (χ4v) is 3.85. The number of para-hydroxylation sites is 1. The summed E-state index contributed by atoms with van der Waals surface area (Å²) in [6.07, 6.45) is -0.332. The lowest BCUT2D eigenvalue weighted by Crippen LogP contribution is -2.15. The fraction of sp³-hybridized carbons (Fsp3) is 0.250. The zero-order valence-corrected chi connectivity index (χ0v) is 18.9. The molecule has 158 valence electrons. The Balaban J connectivity index is 1.59. The molecule has 1 atom stereocenters. The van der Waals surface area contributed by atoms with Gasteiger partial charge in [0.25, 0.3) is 0 Å². The van der Waals surface area contributed by atoms with E-state index in [1.54, 1.807) is 29.9 Å². The predicted molar refractivity (Wildman–Crippen MR) is 119 cm³/mol. The SMILES string of the molecule is COc1ccc(OC(C)c2nnc(SCC(=O)Nc3c(Cl)cccc3Cl)n2C)cc1. The number of anilines is 1. The molecular formula is C20H20Cl2N4O3S. The van der Waals surface area contributed by atoms with Crippen molar-refractivity contribution in [2.75, 3.05) is 18.2 Å². The maximum absolute atomic E-state index is 12.3. The molecule has 0 spiro atoms. The largest absolute Gasteiger partial charge is 0.497 e. The van der Waals surface area contributed by atoms with Crippen molar-refractivity contribution >= 4 is 46.6 Å². The minimum absolute atomic E-state index is 0.126. The number of thioether (sulfide) groups is 1. The van der Waals surface area contributed by atoms with Crippen LogP contribution in [0.2, 0.25) is 10.0 Å². The number of benzene rings is 2. The molecule has 0 saturated heterocycles. The first-order valence-corrected chi connectivity index (χ1v) is 10.7. The van der Waals surface area contributed by atoms with E-state index in [1.807, 2.05) is 38.2 Å². The van der Waals surface area contributed by atoms with Gasteiger partial charge in [0.1, 0.15) is 11.5 Å². The Morgan fingerprint density at radius 3 is 2.40 bits per heavy atom. The van der Waals surface area contributed by atoms with Gasteiger partial charge < -0.3 is 19.4 Å². The van der Waals surface area contributed by atoms with E-state index in [-0.39, 0.29) is 17.8 Å². The van der Waals surface area contributed by atoms with Crippen molar-refractivity contribution in [3.8, 4) is 11.5 Å². The highest BCUT2D eigenvalue weighted by atomic mass is 35.5. The van der Waals surface area contributed by atoms with Gasteiger partial charge >= 0.3 is 0 Å². The molecule has 0 aliphatic rings. The van der Waals surface area contributed by atoms with E-state index < -0.39 is 0 Å². The molecule has 1 N–H and O–H groups in total.